The van der Waals surface area contributed by atoms with Crippen molar-refractivity contribution < 1.29 is 14.7 Å². The summed E-state index contributed by atoms with van der Waals surface area (Å²) in [6.07, 6.45) is 7.98. The minimum Gasteiger partial charge on any atom is -0.394 e. The molecule has 1 heterocycles. The number of carbonyl (C=O) groups excluding carboxylic acids is 2. The van der Waals surface area contributed by atoms with Crippen LogP contribution in [0.25, 0.3) is 0 Å². The number of aliphatic hydroxyl groups excluding tert-OH is 1. The predicted molar refractivity (Wildman–Crippen MR) is 113 cm³/mol. The lowest BCUT2D eigenvalue weighted by Gasteiger charge is -2.29. The maximum absolute atomic E-state index is 12.9. The second kappa shape index (κ2) is 11.7. The number of nitrogens with two attached hydrogens (primary N) is 1. The molecule has 29 heavy (non-hydrogen) atoms. The highest BCUT2D eigenvalue weighted by atomic mass is 16.3. The molecule has 0 aromatic carbocycles. The lowest BCUT2D eigenvalue weighted by atomic mass is 9.84. The fraction of sp³-hybridized carbons (Fsp3) is 0.667. The van der Waals surface area contributed by atoms with Crippen LogP contribution in [0.1, 0.15) is 51.0 Å². The average Bonchev–Trinajstić information content (AvgIpc) is 2.73. The maximum Gasteiger partial charge on any atom is 0.242 e. The monoisotopic (exact) mass is 405 g/mol. The van der Waals surface area contributed by atoms with Crippen LogP contribution in [0.15, 0.2) is 18.3 Å². The van der Waals surface area contributed by atoms with Gasteiger partial charge in [-0.2, -0.15) is 0 Å². The Morgan fingerprint density at radius 2 is 2.00 bits per heavy atom. The van der Waals surface area contributed by atoms with Crippen LogP contribution in [-0.4, -0.2) is 59.1 Å². The van der Waals surface area contributed by atoms with Gasteiger partial charge in [0.25, 0.3) is 0 Å². The zero-order chi connectivity index (χ0) is 21.2. The van der Waals surface area contributed by atoms with E-state index in [4.69, 9.17) is 5.73 Å². The summed E-state index contributed by atoms with van der Waals surface area (Å²) in [6, 6.07) is 2.22. The predicted octanol–water partition coefficient (Wildman–Crippen LogP) is 1.05. The molecule has 0 saturated heterocycles. The average molecular weight is 406 g/mol. The highest BCUT2D eigenvalue weighted by Crippen LogP contribution is 2.27. The van der Waals surface area contributed by atoms with Crippen molar-refractivity contribution in [2.24, 2.45) is 5.92 Å². The Bertz CT molecular complexity index is 646. The zero-order valence-electron chi connectivity index (χ0n) is 17.6. The van der Waals surface area contributed by atoms with Crippen LogP contribution >= 0.6 is 0 Å². The lowest BCUT2D eigenvalue weighted by Crippen LogP contribution is -2.54. The van der Waals surface area contributed by atoms with Crippen molar-refractivity contribution in [3.8, 4) is 0 Å². The third kappa shape index (κ3) is 7.29. The molecule has 0 radical (unpaired) electrons. The molecule has 5 N–H and O–H groups in total. The molecule has 1 saturated carbocycles. The third-order valence-electron chi connectivity index (χ3n) is 5.75. The zero-order valence-corrected chi connectivity index (χ0v) is 17.6. The van der Waals surface area contributed by atoms with E-state index >= 15 is 0 Å². The molecule has 2 atom stereocenters. The minimum absolute atomic E-state index is 0.211. The van der Waals surface area contributed by atoms with E-state index in [9.17, 15) is 14.7 Å². The number of hydrogen-bond donors (Lipinski definition) is 4. The number of aliphatic hydroxyl groups is 1. The molecule has 162 valence electrons. The number of pyridine rings is 1. The molecule has 8 nitrogen and oxygen atoms in total. The fourth-order valence-corrected chi connectivity index (χ4v) is 3.75. The van der Waals surface area contributed by atoms with Crippen LogP contribution in [0.4, 0.5) is 5.82 Å². The van der Waals surface area contributed by atoms with Gasteiger partial charge in [0.05, 0.1) is 6.61 Å². The quantitative estimate of drug-likeness (QED) is 0.462. The van der Waals surface area contributed by atoms with E-state index < -0.39 is 12.1 Å². The molecule has 2 rings (SSSR count). The van der Waals surface area contributed by atoms with E-state index in [0.717, 1.165) is 18.4 Å². The van der Waals surface area contributed by atoms with Gasteiger partial charge in [0.1, 0.15) is 17.9 Å². The number of nitrogen functional groups attached to an aromatic ring is 1. The number of hydrogen-bond acceptors (Lipinski definition) is 6. The summed E-state index contributed by atoms with van der Waals surface area (Å²) in [5.74, 6) is 0.325. The first-order valence-corrected chi connectivity index (χ1v) is 10.5. The molecule has 0 aliphatic heterocycles. The Balaban J connectivity index is 2.03. The van der Waals surface area contributed by atoms with Gasteiger partial charge in [0.2, 0.25) is 11.8 Å². The molecule has 8 heteroatoms. The van der Waals surface area contributed by atoms with Gasteiger partial charge >= 0.3 is 0 Å². The van der Waals surface area contributed by atoms with Crippen LogP contribution in [-0.2, 0) is 16.1 Å². The van der Waals surface area contributed by atoms with Crippen molar-refractivity contribution in [2.75, 3.05) is 25.9 Å². The second-order valence-corrected chi connectivity index (χ2v) is 7.88. The van der Waals surface area contributed by atoms with E-state index in [0.29, 0.717) is 31.2 Å². The molecule has 0 bridgehead atoms. The summed E-state index contributed by atoms with van der Waals surface area (Å²) >= 11 is 0. The SMILES string of the molecule is CCN(C)[C@@H](CO)C(=O)N[C@@H](CC1CCCCC1)C(=O)NCc1ccc(N)nc1. The number of likely N-dealkylation sites (N-methyl/N-ethyl adjacent to an activating group) is 1. The number of anilines is 1. The first-order chi connectivity index (χ1) is 13.9. The van der Waals surface area contributed by atoms with Gasteiger partial charge in [-0.25, -0.2) is 4.98 Å². The van der Waals surface area contributed by atoms with Crippen molar-refractivity contribution in [3.63, 3.8) is 0 Å². The maximum atomic E-state index is 12.9. The highest BCUT2D eigenvalue weighted by molar-refractivity contribution is 5.89. The van der Waals surface area contributed by atoms with Gasteiger partial charge in [-0.1, -0.05) is 45.1 Å². The molecule has 1 aromatic heterocycles. The smallest absolute Gasteiger partial charge is 0.242 e. The molecule has 1 aliphatic carbocycles. The lowest BCUT2D eigenvalue weighted by molar-refractivity contribution is -0.133. The van der Waals surface area contributed by atoms with Crippen molar-refractivity contribution in [1.29, 1.82) is 0 Å². The van der Waals surface area contributed by atoms with Gasteiger partial charge in [0, 0.05) is 12.7 Å². The van der Waals surface area contributed by atoms with E-state index in [1.54, 1.807) is 24.2 Å². The Hall–Kier alpha value is -2.19. The van der Waals surface area contributed by atoms with Crippen molar-refractivity contribution in [1.82, 2.24) is 20.5 Å². The van der Waals surface area contributed by atoms with E-state index in [2.05, 4.69) is 15.6 Å². The Kier molecular flexibility index (Phi) is 9.34. The number of carbonyl (C=O) groups is 2. The summed E-state index contributed by atoms with van der Waals surface area (Å²) in [6.45, 7) is 2.58. The summed E-state index contributed by atoms with van der Waals surface area (Å²) in [4.78, 5) is 31.4. The summed E-state index contributed by atoms with van der Waals surface area (Å²) < 4.78 is 0. The van der Waals surface area contributed by atoms with Gasteiger partial charge in [-0.3, -0.25) is 14.5 Å². The van der Waals surface area contributed by atoms with E-state index in [-0.39, 0.29) is 18.4 Å². The number of nitrogens with one attached hydrogen (secondary N) is 2. The topological polar surface area (TPSA) is 121 Å². The van der Waals surface area contributed by atoms with E-state index in [1.165, 1.54) is 19.3 Å². The normalized spacial score (nSPS) is 17.0. The van der Waals surface area contributed by atoms with Crippen LogP contribution < -0.4 is 16.4 Å². The standard InChI is InChI=1S/C21H35N5O3/c1-3-26(2)18(14-27)21(29)25-17(11-15-7-5-4-6-8-15)20(28)24-13-16-9-10-19(22)23-12-16/h9-10,12,15,17-18,27H,3-8,11,13-14H2,1-2H3,(H2,22,23)(H,24,28)(H,25,29)/t17-,18-/m0/s1. The summed E-state index contributed by atoms with van der Waals surface area (Å²) in [5, 5.41) is 15.4. The Labute approximate surface area is 173 Å². The molecule has 1 aliphatic rings. The van der Waals surface area contributed by atoms with Crippen molar-refractivity contribution in [2.45, 2.75) is 64.1 Å². The number of rotatable bonds is 10. The Morgan fingerprint density at radius 1 is 1.28 bits per heavy atom. The number of aromatic nitrogens is 1. The highest BCUT2D eigenvalue weighted by Gasteiger charge is 2.29. The van der Waals surface area contributed by atoms with Gasteiger partial charge in [-0.05, 0) is 37.6 Å². The molecule has 1 aromatic rings. The molecular formula is C21H35N5O3. The van der Waals surface area contributed by atoms with Crippen molar-refractivity contribution in [3.05, 3.63) is 23.9 Å². The molecule has 0 spiro atoms. The van der Waals surface area contributed by atoms with E-state index in [1.807, 2.05) is 13.0 Å². The van der Waals surface area contributed by atoms with Crippen LogP contribution in [0.5, 0.6) is 0 Å². The van der Waals surface area contributed by atoms with Gasteiger partial charge in [-0.15, -0.1) is 0 Å². The largest absolute Gasteiger partial charge is 0.394 e. The molecule has 1 fully saturated rings. The second-order valence-electron chi connectivity index (χ2n) is 7.88. The number of nitrogens with zero attached hydrogens (tertiary/aromatic N) is 2. The van der Waals surface area contributed by atoms with Crippen LogP contribution in [0, 0.1) is 5.92 Å². The minimum atomic E-state index is -0.664. The molecule has 2 amide bonds. The first kappa shape index (κ1) is 23.1. The molecular weight excluding hydrogens is 370 g/mol. The fourth-order valence-electron chi connectivity index (χ4n) is 3.75. The Morgan fingerprint density at radius 3 is 2.59 bits per heavy atom. The van der Waals surface area contributed by atoms with Crippen LogP contribution in [0.2, 0.25) is 0 Å². The van der Waals surface area contributed by atoms with Crippen LogP contribution in [0.3, 0.4) is 0 Å². The molecule has 0 unspecified atom stereocenters. The first-order valence-electron chi connectivity index (χ1n) is 10.5. The summed E-state index contributed by atoms with van der Waals surface area (Å²) in [7, 11) is 1.78. The summed E-state index contributed by atoms with van der Waals surface area (Å²) in [5.41, 5.74) is 6.44. The number of amides is 2. The van der Waals surface area contributed by atoms with Crippen molar-refractivity contribution >= 4 is 17.6 Å². The van der Waals surface area contributed by atoms with Gasteiger partial charge in [0.15, 0.2) is 0 Å². The van der Waals surface area contributed by atoms with Gasteiger partial charge < -0.3 is 21.5 Å². The third-order valence-corrected chi connectivity index (χ3v) is 5.75.